The lowest BCUT2D eigenvalue weighted by Crippen LogP contribution is -2.36. The van der Waals surface area contributed by atoms with Gasteiger partial charge in [-0.1, -0.05) is 41.9 Å². The van der Waals surface area contributed by atoms with Crippen LogP contribution in [0.3, 0.4) is 0 Å². The summed E-state index contributed by atoms with van der Waals surface area (Å²) in [6.07, 6.45) is 0.359. The molecular formula is C17H15ClN2O2. The van der Waals surface area contributed by atoms with Gasteiger partial charge in [-0.15, -0.1) is 0 Å². The van der Waals surface area contributed by atoms with Crippen molar-refractivity contribution in [1.82, 2.24) is 4.90 Å². The molecule has 112 valence electrons. The molecule has 0 spiro atoms. The van der Waals surface area contributed by atoms with Crippen molar-refractivity contribution in [3.05, 3.63) is 65.2 Å². The van der Waals surface area contributed by atoms with Crippen molar-refractivity contribution in [1.29, 1.82) is 0 Å². The monoisotopic (exact) mass is 314 g/mol. The molecule has 0 aliphatic carbocycles. The molecule has 0 aromatic heterocycles. The Kier molecular flexibility index (Phi) is 4.11. The first-order valence-electron chi connectivity index (χ1n) is 7.05. The Morgan fingerprint density at radius 1 is 1.09 bits per heavy atom. The second-order valence-electron chi connectivity index (χ2n) is 5.25. The molecule has 1 N–H and O–H groups in total. The van der Waals surface area contributed by atoms with Gasteiger partial charge in [-0.2, -0.15) is 0 Å². The van der Waals surface area contributed by atoms with E-state index in [1.165, 1.54) is 4.90 Å². The van der Waals surface area contributed by atoms with Crippen LogP contribution in [-0.2, 0) is 4.79 Å². The zero-order chi connectivity index (χ0) is 15.5. The smallest absolute Gasteiger partial charge is 0.307 e. The lowest BCUT2D eigenvalue weighted by molar-refractivity contribution is -0.125. The number of hydrogen-bond acceptors (Lipinski definition) is 2. The number of urea groups is 1. The van der Waals surface area contributed by atoms with Crippen LogP contribution in [0.15, 0.2) is 54.6 Å². The van der Waals surface area contributed by atoms with Crippen molar-refractivity contribution in [3.63, 3.8) is 0 Å². The Bertz CT molecular complexity index is 686. The van der Waals surface area contributed by atoms with Crippen LogP contribution in [-0.4, -0.2) is 23.4 Å². The number of amides is 3. The van der Waals surface area contributed by atoms with Crippen LogP contribution in [0.2, 0.25) is 5.02 Å². The van der Waals surface area contributed by atoms with Gasteiger partial charge in [0, 0.05) is 29.6 Å². The third kappa shape index (κ3) is 3.12. The summed E-state index contributed by atoms with van der Waals surface area (Å²) in [5.74, 6) is -0.0926. The molecule has 1 fully saturated rings. The van der Waals surface area contributed by atoms with Crippen LogP contribution < -0.4 is 5.32 Å². The molecule has 5 heteroatoms. The second kappa shape index (κ2) is 6.20. The molecule has 0 unspecified atom stereocenters. The first-order valence-corrected chi connectivity index (χ1v) is 7.43. The number of carbonyl (C=O) groups is 2. The Hall–Kier alpha value is -2.33. The summed E-state index contributed by atoms with van der Waals surface area (Å²) in [5, 5.41) is 3.32. The van der Waals surface area contributed by atoms with Gasteiger partial charge in [0.25, 0.3) is 0 Å². The van der Waals surface area contributed by atoms with Crippen LogP contribution >= 0.6 is 11.6 Å². The third-order valence-electron chi connectivity index (χ3n) is 3.74. The van der Waals surface area contributed by atoms with Gasteiger partial charge in [0.05, 0.1) is 0 Å². The molecule has 2 aromatic carbocycles. The fraction of sp³-hybridized carbons (Fsp3) is 0.176. The lowest BCUT2D eigenvalue weighted by Gasteiger charge is -2.16. The standard InChI is InChI=1S/C17H15ClN2O2/c18-14-6-8-15(9-7-14)19-17(22)20-11-13(10-16(20)21)12-4-2-1-3-5-12/h1-9,13H,10-11H2,(H,19,22)/t13-/m0/s1. The zero-order valence-electron chi connectivity index (χ0n) is 11.8. The number of nitrogens with one attached hydrogen (secondary N) is 1. The fourth-order valence-corrected chi connectivity index (χ4v) is 2.70. The molecule has 1 saturated heterocycles. The molecule has 1 aliphatic heterocycles. The lowest BCUT2D eigenvalue weighted by atomic mass is 9.99. The molecule has 0 bridgehead atoms. The average molecular weight is 315 g/mol. The SMILES string of the molecule is O=C1C[C@H](c2ccccc2)CN1C(=O)Nc1ccc(Cl)cc1. The van der Waals surface area contributed by atoms with Crippen molar-refractivity contribution >= 4 is 29.2 Å². The summed E-state index contributed by atoms with van der Waals surface area (Å²) in [7, 11) is 0. The maximum atomic E-state index is 12.2. The molecule has 22 heavy (non-hydrogen) atoms. The van der Waals surface area contributed by atoms with Crippen LogP contribution in [0.5, 0.6) is 0 Å². The van der Waals surface area contributed by atoms with Crippen LogP contribution in [0.4, 0.5) is 10.5 Å². The second-order valence-corrected chi connectivity index (χ2v) is 5.69. The van der Waals surface area contributed by atoms with Gasteiger partial charge in [0.15, 0.2) is 0 Å². The number of likely N-dealkylation sites (tertiary alicyclic amines) is 1. The van der Waals surface area contributed by atoms with E-state index in [2.05, 4.69) is 5.32 Å². The summed E-state index contributed by atoms with van der Waals surface area (Å²) in [5.41, 5.74) is 1.70. The van der Waals surface area contributed by atoms with Crippen LogP contribution in [0, 0.1) is 0 Å². The minimum atomic E-state index is -0.397. The predicted octanol–water partition coefficient (Wildman–Crippen LogP) is 3.89. The van der Waals surface area contributed by atoms with Gasteiger partial charge in [0.1, 0.15) is 0 Å². The topological polar surface area (TPSA) is 49.4 Å². The maximum Gasteiger partial charge on any atom is 0.328 e. The van der Waals surface area contributed by atoms with E-state index in [1.807, 2.05) is 30.3 Å². The molecule has 3 rings (SSSR count). The first kappa shape index (κ1) is 14.6. The van der Waals surface area contributed by atoms with E-state index in [9.17, 15) is 9.59 Å². The Morgan fingerprint density at radius 3 is 2.45 bits per heavy atom. The number of halogens is 1. The van der Waals surface area contributed by atoms with Gasteiger partial charge in [-0.3, -0.25) is 9.69 Å². The summed E-state index contributed by atoms with van der Waals surface area (Å²) in [4.78, 5) is 25.6. The number of benzene rings is 2. The zero-order valence-corrected chi connectivity index (χ0v) is 12.6. The van der Waals surface area contributed by atoms with Gasteiger partial charge in [0.2, 0.25) is 5.91 Å². The van der Waals surface area contributed by atoms with E-state index in [0.717, 1.165) is 5.56 Å². The summed E-state index contributed by atoms with van der Waals surface area (Å²) in [6, 6.07) is 16.2. The highest BCUT2D eigenvalue weighted by molar-refractivity contribution is 6.30. The van der Waals surface area contributed by atoms with Crippen LogP contribution in [0.25, 0.3) is 0 Å². The molecule has 2 aromatic rings. The minimum Gasteiger partial charge on any atom is -0.307 e. The van der Waals surface area contributed by atoms with Gasteiger partial charge < -0.3 is 5.32 Å². The Balaban J connectivity index is 1.68. The number of carbonyl (C=O) groups excluding carboxylic acids is 2. The van der Waals surface area contributed by atoms with E-state index in [0.29, 0.717) is 23.7 Å². The molecular weight excluding hydrogens is 300 g/mol. The normalized spacial score (nSPS) is 17.6. The van der Waals surface area contributed by atoms with E-state index in [-0.39, 0.29) is 11.8 Å². The van der Waals surface area contributed by atoms with Crippen molar-refractivity contribution in [2.24, 2.45) is 0 Å². The van der Waals surface area contributed by atoms with Gasteiger partial charge >= 0.3 is 6.03 Å². The molecule has 1 heterocycles. The summed E-state index contributed by atoms with van der Waals surface area (Å²) >= 11 is 5.81. The quantitative estimate of drug-likeness (QED) is 0.914. The van der Waals surface area contributed by atoms with Crippen LogP contribution in [0.1, 0.15) is 17.9 Å². The third-order valence-corrected chi connectivity index (χ3v) is 3.99. The number of rotatable bonds is 2. The molecule has 1 aliphatic rings. The van der Waals surface area contributed by atoms with E-state index >= 15 is 0 Å². The number of nitrogens with zero attached hydrogens (tertiary/aromatic N) is 1. The first-order chi connectivity index (χ1) is 10.6. The molecule has 0 radical (unpaired) electrons. The summed E-state index contributed by atoms with van der Waals surface area (Å²) in [6.45, 7) is 0.405. The Morgan fingerprint density at radius 2 is 1.77 bits per heavy atom. The van der Waals surface area contributed by atoms with Crippen molar-refractivity contribution in [2.75, 3.05) is 11.9 Å². The van der Waals surface area contributed by atoms with E-state index < -0.39 is 6.03 Å². The van der Waals surface area contributed by atoms with Crippen molar-refractivity contribution < 1.29 is 9.59 Å². The highest BCUT2D eigenvalue weighted by Gasteiger charge is 2.34. The number of imide groups is 1. The highest BCUT2D eigenvalue weighted by Crippen LogP contribution is 2.28. The van der Waals surface area contributed by atoms with E-state index in [1.54, 1.807) is 24.3 Å². The maximum absolute atomic E-state index is 12.2. The van der Waals surface area contributed by atoms with Crippen molar-refractivity contribution in [3.8, 4) is 0 Å². The number of anilines is 1. The van der Waals surface area contributed by atoms with Gasteiger partial charge in [-0.05, 0) is 29.8 Å². The highest BCUT2D eigenvalue weighted by atomic mass is 35.5. The largest absolute Gasteiger partial charge is 0.328 e. The predicted molar refractivity (Wildman–Crippen MR) is 86.0 cm³/mol. The minimum absolute atomic E-state index is 0.0599. The number of hydrogen-bond donors (Lipinski definition) is 1. The summed E-state index contributed by atoms with van der Waals surface area (Å²) < 4.78 is 0. The molecule has 0 saturated carbocycles. The average Bonchev–Trinajstić information content (AvgIpc) is 2.92. The fourth-order valence-electron chi connectivity index (χ4n) is 2.58. The Labute approximate surface area is 133 Å². The van der Waals surface area contributed by atoms with Crippen molar-refractivity contribution in [2.45, 2.75) is 12.3 Å². The molecule has 3 amide bonds. The molecule has 4 nitrogen and oxygen atoms in total. The molecule has 1 atom stereocenters. The van der Waals surface area contributed by atoms with E-state index in [4.69, 9.17) is 11.6 Å². The van der Waals surface area contributed by atoms with Gasteiger partial charge in [-0.25, -0.2) is 4.79 Å².